The predicted molar refractivity (Wildman–Crippen MR) is 64.1 cm³/mol. The number of carbonyl (C=O) groups is 1. The lowest BCUT2D eigenvalue weighted by atomic mass is 10.1. The Kier molecular flexibility index (Phi) is 5.48. The van der Waals surface area contributed by atoms with Gasteiger partial charge in [-0.05, 0) is 26.9 Å². The van der Waals surface area contributed by atoms with Crippen LogP contribution in [-0.2, 0) is 9.53 Å². The van der Waals surface area contributed by atoms with Crippen molar-refractivity contribution >= 4 is 5.97 Å². The van der Waals surface area contributed by atoms with Crippen molar-refractivity contribution in [3.8, 4) is 0 Å². The molecular weight excluding hydrogens is 240 g/mol. The number of likely N-dealkylation sites (N-methyl/N-ethyl adjacent to an activating group) is 1. The minimum absolute atomic E-state index is 0.326. The van der Waals surface area contributed by atoms with Crippen LogP contribution >= 0.6 is 0 Å². The summed E-state index contributed by atoms with van der Waals surface area (Å²) in [7, 11) is 1.79. The molecule has 106 valence electrons. The van der Waals surface area contributed by atoms with Gasteiger partial charge in [0.05, 0.1) is 12.2 Å². The Balaban J connectivity index is 2.32. The summed E-state index contributed by atoms with van der Waals surface area (Å²) in [6.45, 7) is 2.62. The first-order valence-corrected chi connectivity index (χ1v) is 6.01. The number of carboxylic acid groups (broad SMARTS) is 1. The Bertz CT molecular complexity index is 289. The van der Waals surface area contributed by atoms with E-state index in [1.165, 1.54) is 0 Å². The van der Waals surface area contributed by atoms with Crippen molar-refractivity contribution in [2.45, 2.75) is 43.8 Å². The highest BCUT2D eigenvalue weighted by Gasteiger charge is 2.40. The third kappa shape index (κ3) is 3.89. The van der Waals surface area contributed by atoms with Gasteiger partial charge in [-0.2, -0.15) is 0 Å². The zero-order valence-electron chi connectivity index (χ0n) is 10.7. The fraction of sp³-hybridized carbons (Fsp3) is 0.909. The molecule has 1 fully saturated rings. The fourth-order valence-corrected chi connectivity index (χ4v) is 1.97. The Morgan fingerprint density at radius 2 is 2.06 bits per heavy atom. The molecule has 0 aromatic rings. The number of nitrogens with zero attached hydrogens (tertiary/aromatic N) is 1. The molecule has 5 N–H and O–H groups in total. The molecule has 1 aliphatic rings. The van der Waals surface area contributed by atoms with Crippen LogP contribution in [0.25, 0.3) is 0 Å². The van der Waals surface area contributed by atoms with Gasteiger partial charge in [0.1, 0.15) is 18.2 Å². The molecule has 1 heterocycles. The highest BCUT2D eigenvalue weighted by atomic mass is 16.5. The quantitative estimate of drug-likeness (QED) is 0.447. The van der Waals surface area contributed by atoms with E-state index < -0.39 is 30.3 Å². The summed E-state index contributed by atoms with van der Waals surface area (Å²) in [6.07, 6.45) is -2.30. The van der Waals surface area contributed by atoms with Crippen LogP contribution in [-0.4, -0.2) is 76.8 Å². The molecule has 7 heteroatoms. The summed E-state index contributed by atoms with van der Waals surface area (Å²) >= 11 is 0. The smallest absolute Gasteiger partial charge is 0.320 e. The van der Waals surface area contributed by atoms with Crippen LogP contribution in [0.15, 0.2) is 0 Å². The molecule has 7 nitrogen and oxygen atoms in total. The molecule has 0 aliphatic carbocycles. The van der Waals surface area contributed by atoms with Crippen LogP contribution in [0, 0.1) is 0 Å². The van der Waals surface area contributed by atoms with E-state index >= 15 is 0 Å². The maximum atomic E-state index is 10.6. The van der Waals surface area contributed by atoms with Gasteiger partial charge in [-0.3, -0.25) is 4.79 Å². The van der Waals surface area contributed by atoms with Gasteiger partial charge in [0.25, 0.3) is 0 Å². The first kappa shape index (κ1) is 15.3. The predicted octanol–water partition coefficient (Wildman–Crippen LogP) is -1.77. The third-order valence-corrected chi connectivity index (χ3v) is 3.23. The number of rotatable bonds is 6. The highest BCUT2D eigenvalue weighted by Crippen LogP contribution is 2.21. The maximum absolute atomic E-state index is 10.6. The molecule has 0 aromatic heterocycles. The SMILES string of the molecule is CC1OC(CN(C)CC[C@H](N)C(=O)O)[C@@H](O)[C@H]1O. The van der Waals surface area contributed by atoms with Crippen LogP contribution in [0.4, 0.5) is 0 Å². The number of aliphatic hydroxyl groups excluding tert-OH is 2. The Labute approximate surface area is 106 Å². The second kappa shape index (κ2) is 6.44. The van der Waals surface area contributed by atoms with Crippen LogP contribution in [0.1, 0.15) is 13.3 Å². The average Bonchev–Trinajstić information content (AvgIpc) is 2.54. The minimum atomic E-state index is -1.02. The van der Waals surface area contributed by atoms with E-state index in [9.17, 15) is 15.0 Å². The number of aliphatic hydroxyl groups is 2. The lowest BCUT2D eigenvalue weighted by Crippen LogP contribution is -2.40. The summed E-state index contributed by atoms with van der Waals surface area (Å²) in [6, 6.07) is -0.883. The van der Waals surface area contributed by atoms with Crippen molar-refractivity contribution in [2.75, 3.05) is 20.1 Å². The van der Waals surface area contributed by atoms with Crippen molar-refractivity contribution in [2.24, 2.45) is 5.73 Å². The number of carboxylic acids is 1. The van der Waals surface area contributed by atoms with E-state index in [2.05, 4.69) is 0 Å². The Hall–Kier alpha value is -0.730. The minimum Gasteiger partial charge on any atom is -0.480 e. The van der Waals surface area contributed by atoms with Gasteiger partial charge in [-0.15, -0.1) is 0 Å². The van der Waals surface area contributed by atoms with E-state index in [0.717, 1.165) is 0 Å². The molecule has 0 bridgehead atoms. The van der Waals surface area contributed by atoms with Gasteiger partial charge in [0, 0.05) is 6.54 Å². The van der Waals surface area contributed by atoms with E-state index in [1.54, 1.807) is 14.0 Å². The number of nitrogens with two attached hydrogens (primary N) is 1. The fourth-order valence-electron chi connectivity index (χ4n) is 1.97. The van der Waals surface area contributed by atoms with Gasteiger partial charge in [-0.1, -0.05) is 0 Å². The molecule has 2 unspecified atom stereocenters. The highest BCUT2D eigenvalue weighted by molar-refractivity contribution is 5.72. The van der Waals surface area contributed by atoms with Crippen LogP contribution in [0.2, 0.25) is 0 Å². The molecule has 5 atom stereocenters. The van der Waals surface area contributed by atoms with Crippen LogP contribution in [0.5, 0.6) is 0 Å². The van der Waals surface area contributed by atoms with Gasteiger partial charge in [0.15, 0.2) is 0 Å². The van der Waals surface area contributed by atoms with E-state index in [0.29, 0.717) is 19.5 Å². The van der Waals surface area contributed by atoms with Crippen LogP contribution in [0.3, 0.4) is 0 Å². The van der Waals surface area contributed by atoms with Crippen molar-refractivity contribution < 1.29 is 24.9 Å². The molecule has 0 aromatic carbocycles. The molecule has 1 rings (SSSR count). The topological polar surface area (TPSA) is 116 Å². The van der Waals surface area contributed by atoms with Gasteiger partial charge in [0.2, 0.25) is 0 Å². The standard InChI is InChI=1S/C11H22N2O5/c1-6-9(14)10(15)8(18-6)5-13(2)4-3-7(12)11(16)17/h6-10,14-15H,3-5,12H2,1-2H3,(H,16,17)/t6?,7-,8?,9-,10+/m0/s1. The normalized spacial score (nSPS) is 33.9. The second-order valence-corrected chi connectivity index (χ2v) is 4.86. The second-order valence-electron chi connectivity index (χ2n) is 4.86. The van der Waals surface area contributed by atoms with E-state index in [1.807, 2.05) is 4.90 Å². The summed E-state index contributed by atoms with van der Waals surface area (Å²) < 4.78 is 5.42. The summed E-state index contributed by atoms with van der Waals surface area (Å²) in [5, 5.41) is 27.9. The van der Waals surface area contributed by atoms with E-state index in [-0.39, 0.29) is 6.10 Å². The molecule has 0 saturated carbocycles. The third-order valence-electron chi connectivity index (χ3n) is 3.23. The zero-order chi connectivity index (χ0) is 13.9. The zero-order valence-corrected chi connectivity index (χ0v) is 10.7. The van der Waals surface area contributed by atoms with E-state index in [4.69, 9.17) is 15.6 Å². The summed E-state index contributed by atoms with van der Waals surface area (Å²) in [4.78, 5) is 12.4. The van der Waals surface area contributed by atoms with Gasteiger partial charge in [-0.25, -0.2) is 0 Å². The molecule has 18 heavy (non-hydrogen) atoms. The van der Waals surface area contributed by atoms with Gasteiger partial charge >= 0.3 is 5.97 Å². The molecule has 0 spiro atoms. The molecule has 0 radical (unpaired) electrons. The maximum Gasteiger partial charge on any atom is 0.320 e. The number of ether oxygens (including phenoxy) is 1. The van der Waals surface area contributed by atoms with Crippen molar-refractivity contribution in [3.63, 3.8) is 0 Å². The van der Waals surface area contributed by atoms with Crippen molar-refractivity contribution in [3.05, 3.63) is 0 Å². The first-order chi connectivity index (χ1) is 8.32. The first-order valence-electron chi connectivity index (χ1n) is 6.01. The number of hydrogen-bond donors (Lipinski definition) is 4. The van der Waals surface area contributed by atoms with Crippen LogP contribution < -0.4 is 5.73 Å². The monoisotopic (exact) mass is 262 g/mol. The Morgan fingerprint density at radius 3 is 2.50 bits per heavy atom. The molecule has 0 amide bonds. The van der Waals surface area contributed by atoms with Gasteiger partial charge < -0.3 is 30.7 Å². The number of hydrogen-bond acceptors (Lipinski definition) is 6. The molecule has 1 saturated heterocycles. The summed E-state index contributed by atoms with van der Waals surface area (Å²) in [5.74, 6) is -1.02. The summed E-state index contributed by atoms with van der Waals surface area (Å²) in [5.41, 5.74) is 5.40. The lowest BCUT2D eigenvalue weighted by Gasteiger charge is -2.23. The molecular formula is C11H22N2O5. The lowest BCUT2D eigenvalue weighted by molar-refractivity contribution is -0.138. The largest absolute Gasteiger partial charge is 0.480 e. The Morgan fingerprint density at radius 1 is 1.44 bits per heavy atom. The number of aliphatic carboxylic acids is 1. The molecule has 1 aliphatic heterocycles. The average molecular weight is 262 g/mol. The van der Waals surface area contributed by atoms with Crippen molar-refractivity contribution in [1.82, 2.24) is 4.90 Å². The van der Waals surface area contributed by atoms with Crippen molar-refractivity contribution in [1.29, 1.82) is 0 Å².